The normalized spacial score (nSPS) is 17.7. The predicted molar refractivity (Wildman–Crippen MR) is 134 cm³/mol. The molecule has 5 rings (SSSR count). The number of aromatic amines is 1. The molecule has 1 aromatic heterocycles. The van der Waals surface area contributed by atoms with Crippen LogP contribution in [0.25, 0.3) is 10.9 Å². The summed E-state index contributed by atoms with van der Waals surface area (Å²) in [5.74, 6) is 0.960. The summed E-state index contributed by atoms with van der Waals surface area (Å²) in [5.41, 5.74) is 3.38. The van der Waals surface area contributed by atoms with Gasteiger partial charge in [-0.2, -0.15) is 0 Å². The summed E-state index contributed by atoms with van der Waals surface area (Å²) in [6.07, 6.45) is 3.69. The van der Waals surface area contributed by atoms with Gasteiger partial charge in [-0.3, -0.25) is 4.79 Å². The molecule has 10 heteroatoms. The molecule has 9 nitrogen and oxygen atoms in total. The van der Waals surface area contributed by atoms with E-state index in [9.17, 15) is 13.2 Å². The molecule has 0 aliphatic carbocycles. The van der Waals surface area contributed by atoms with Gasteiger partial charge >= 0.3 is 0 Å². The van der Waals surface area contributed by atoms with Crippen LogP contribution in [-0.2, 0) is 14.8 Å². The van der Waals surface area contributed by atoms with E-state index in [1.165, 1.54) is 17.7 Å². The molecule has 35 heavy (non-hydrogen) atoms. The fourth-order valence-corrected chi connectivity index (χ4v) is 5.63. The molecule has 0 radical (unpaired) electrons. The molecule has 2 aliphatic rings. The highest BCUT2D eigenvalue weighted by atomic mass is 32.2. The van der Waals surface area contributed by atoms with E-state index in [1.54, 1.807) is 13.2 Å². The van der Waals surface area contributed by atoms with Gasteiger partial charge in [0.1, 0.15) is 5.75 Å². The molecule has 2 aliphatic heterocycles. The van der Waals surface area contributed by atoms with Crippen LogP contribution in [0.4, 0.5) is 5.69 Å². The number of anilines is 1. The lowest BCUT2D eigenvalue weighted by Gasteiger charge is -2.34. The van der Waals surface area contributed by atoms with Gasteiger partial charge < -0.3 is 24.3 Å². The Morgan fingerprint density at radius 1 is 1.09 bits per heavy atom. The van der Waals surface area contributed by atoms with Crippen LogP contribution < -0.4 is 14.8 Å². The Hall–Kier alpha value is -3.08. The summed E-state index contributed by atoms with van der Waals surface area (Å²) in [5, 5.41) is 6.52. The maximum atomic E-state index is 13.6. The summed E-state index contributed by atoms with van der Waals surface area (Å²) in [6.45, 7) is 3.57. The van der Waals surface area contributed by atoms with Gasteiger partial charge in [0.2, 0.25) is 10.0 Å². The quantitative estimate of drug-likeness (QED) is 0.559. The molecule has 3 heterocycles. The van der Waals surface area contributed by atoms with E-state index in [0.717, 1.165) is 35.2 Å². The number of rotatable bonds is 5. The number of nitrogens with one attached hydrogen (secondary N) is 1. The summed E-state index contributed by atoms with van der Waals surface area (Å²) in [7, 11) is -2.27. The third kappa shape index (κ3) is 4.73. The van der Waals surface area contributed by atoms with Gasteiger partial charge in [0.25, 0.3) is 5.91 Å². The van der Waals surface area contributed by atoms with E-state index >= 15 is 0 Å². The maximum absolute atomic E-state index is 13.6. The maximum Gasteiger partial charge on any atom is 0.256 e. The van der Waals surface area contributed by atoms with Crippen LogP contribution >= 0.6 is 0 Å². The number of H-pyrrole nitrogens is 1. The molecule has 3 N–H and O–H groups in total. The molecule has 0 spiro atoms. The van der Waals surface area contributed by atoms with Crippen molar-refractivity contribution in [2.45, 2.75) is 23.7 Å². The van der Waals surface area contributed by atoms with Crippen molar-refractivity contribution in [1.82, 2.24) is 9.88 Å². The van der Waals surface area contributed by atoms with E-state index in [-0.39, 0.29) is 10.8 Å². The molecular weight excluding hydrogens is 468 g/mol. The average molecular weight is 499 g/mol. The van der Waals surface area contributed by atoms with Crippen LogP contribution in [-0.4, -0.2) is 70.7 Å². The fraction of sp³-hybridized carbons (Fsp3) is 0.400. The Morgan fingerprint density at radius 2 is 1.83 bits per heavy atom. The van der Waals surface area contributed by atoms with Crippen molar-refractivity contribution in [2.24, 2.45) is 5.14 Å². The Morgan fingerprint density at radius 3 is 2.51 bits per heavy atom. The Balaban J connectivity index is 1.38. The lowest BCUT2D eigenvalue weighted by atomic mass is 9.89. The number of aromatic nitrogens is 1. The highest BCUT2D eigenvalue weighted by molar-refractivity contribution is 7.89. The minimum absolute atomic E-state index is 0.0551. The molecular formula is C25H30N4O5S. The van der Waals surface area contributed by atoms with Gasteiger partial charge in [-0.1, -0.05) is 0 Å². The number of nitrogens with two attached hydrogens (primary N) is 1. The number of carbonyl (C=O) groups excluding carboxylic acids is 1. The largest absolute Gasteiger partial charge is 0.497 e. The third-order valence-electron chi connectivity index (χ3n) is 7.02. The number of piperidine rings is 1. The zero-order chi connectivity index (χ0) is 24.6. The van der Waals surface area contributed by atoms with E-state index in [1.807, 2.05) is 23.1 Å². The first-order valence-electron chi connectivity index (χ1n) is 11.8. The lowest BCUT2D eigenvalue weighted by molar-refractivity contribution is 0.0712. The lowest BCUT2D eigenvalue weighted by Crippen LogP contribution is -2.41. The van der Waals surface area contributed by atoms with Gasteiger partial charge in [0, 0.05) is 49.0 Å². The SMILES string of the molecule is COc1ccc2[nH]cc(C3CCN(C(=O)c4cc(S(N)(=O)=O)ccc4N4CCOCC4)CC3)c2c1. The Bertz CT molecular complexity index is 1340. The monoisotopic (exact) mass is 498 g/mol. The molecule has 2 fully saturated rings. The summed E-state index contributed by atoms with van der Waals surface area (Å²) >= 11 is 0. The number of hydrogen-bond acceptors (Lipinski definition) is 6. The second-order valence-electron chi connectivity index (χ2n) is 9.05. The van der Waals surface area contributed by atoms with Crippen molar-refractivity contribution in [3.63, 3.8) is 0 Å². The van der Waals surface area contributed by atoms with Gasteiger partial charge in [0.15, 0.2) is 0 Å². The summed E-state index contributed by atoms with van der Waals surface area (Å²) in [6, 6.07) is 10.6. The van der Waals surface area contributed by atoms with Gasteiger partial charge in [-0.05, 0) is 60.7 Å². The molecule has 0 unspecified atom stereocenters. The number of primary sulfonamides is 1. The number of benzene rings is 2. The molecule has 186 valence electrons. The van der Waals surface area contributed by atoms with Crippen molar-refractivity contribution in [2.75, 3.05) is 51.4 Å². The fourth-order valence-electron chi connectivity index (χ4n) is 5.09. The van der Waals surface area contributed by atoms with E-state index < -0.39 is 10.0 Å². The average Bonchev–Trinajstić information content (AvgIpc) is 3.31. The van der Waals surface area contributed by atoms with Crippen molar-refractivity contribution in [1.29, 1.82) is 0 Å². The number of methoxy groups -OCH3 is 1. The van der Waals surface area contributed by atoms with Gasteiger partial charge in [-0.25, -0.2) is 13.6 Å². The highest BCUT2D eigenvalue weighted by Gasteiger charge is 2.29. The van der Waals surface area contributed by atoms with Gasteiger partial charge in [0.05, 0.1) is 30.8 Å². The summed E-state index contributed by atoms with van der Waals surface area (Å²) < 4.78 is 34.9. The number of ether oxygens (including phenoxy) is 2. The second-order valence-corrected chi connectivity index (χ2v) is 10.6. The van der Waals surface area contributed by atoms with Crippen molar-refractivity contribution in [3.05, 3.63) is 53.7 Å². The van der Waals surface area contributed by atoms with Crippen LogP contribution in [0.5, 0.6) is 5.75 Å². The first kappa shape index (κ1) is 23.7. The van der Waals surface area contributed by atoms with Crippen LogP contribution in [0.15, 0.2) is 47.5 Å². The standard InChI is InChI=1S/C25H30N4O5S/c1-33-18-2-4-23-20(14-18)22(16-27-23)17-6-8-29(9-7-17)25(30)21-15-19(35(26,31)32)3-5-24(21)28-10-12-34-13-11-28/h2-5,14-17,27H,6-13H2,1H3,(H2,26,31,32). The number of fused-ring (bicyclic) bond motifs is 1. The molecule has 3 aromatic rings. The minimum atomic E-state index is -3.93. The number of morpholine rings is 1. The van der Waals surface area contributed by atoms with E-state index in [4.69, 9.17) is 14.6 Å². The van der Waals surface area contributed by atoms with Crippen molar-refractivity contribution in [3.8, 4) is 5.75 Å². The number of carbonyl (C=O) groups is 1. The summed E-state index contributed by atoms with van der Waals surface area (Å²) in [4.78, 5) is 20.8. The van der Waals surface area contributed by atoms with Crippen LogP contribution in [0.1, 0.15) is 34.7 Å². The Kier molecular flexibility index (Phi) is 6.43. The number of sulfonamides is 1. The van der Waals surface area contributed by atoms with E-state index in [2.05, 4.69) is 16.1 Å². The van der Waals surface area contributed by atoms with E-state index in [0.29, 0.717) is 50.9 Å². The predicted octanol–water partition coefficient (Wildman–Crippen LogP) is 2.68. The zero-order valence-electron chi connectivity index (χ0n) is 19.7. The molecule has 1 amide bonds. The molecule has 0 saturated carbocycles. The smallest absolute Gasteiger partial charge is 0.256 e. The van der Waals surface area contributed by atoms with Crippen molar-refractivity contribution < 1.29 is 22.7 Å². The molecule has 0 bridgehead atoms. The minimum Gasteiger partial charge on any atom is -0.497 e. The number of nitrogens with zero attached hydrogens (tertiary/aromatic N) is 2. The molecule has 2 saturated heterocycles. The number of hydrogen-bond donors (Lipinski definition) is 2. The van der Waals surface area contributed by atoms with Crippen LogP contribution in [0.2, 0.25) is 0 Å². The third-order valence-corrected chi connectivity index (χ3v) is 7.93. The topological polar surface area (TPSA) is 118 Å². The number of amides is 1. The molecule has 0 atom stereocenters. The first-order valence-corrected chi connectivity index (χ1v) is 13.3. The zero-order valence-corrected chi connectivity index (χ0v) is 20.5. The Labute approximate surface area is 204 Å². The van der Waals surface area contributed by atoms with Crippen LogP contribution in [0, 0.1) is 0 Å². The number of likely N-dealkylation sites (tertiary alicyclic amines) is 1. The van der Waals surface area contributed by atoms with Gasteiger partial charge in [-0.15, -0.1) is 0 Å². The second kappa shape index (κ2) is 9.52. The molecule has 2 aromatic carbocycles. The first-order chi connectivity index (χ1) is 16.8. The van der Waals surface area contributed by atoms with Crippen molar-refractivity contribution >= 4 is 32.5 Å². The van der Waals surface area contributed by atoms with Crippen LogP contribution in [0.3, 0.4) is 0 Å². The highest BCUT2D eigenvalue weighted by Crippen LogP contribution is 2.36.